The van der Waals surface area contributed by atoms with Gasteiger partial charge in [0.2, 0.25) is 5.91 Å². The van der Waals surface area contributed by atoms with E-state index in [1.165, 1.54) is 5.56 Å². The monoisotopic (exact) mass is 302 g/mol. The van der Waals surface area contributed by atoms with E-state index in [1.54, 1.807) is 0 Å². The fourth-order valence-corrected chi connectivity index (χ4v) is 3.16. The van der Waals surface area contributed by atoms with E-state index < -0.39 is 12.0 Å². The molecule has 1 amide bonds. The molecule has 1 saturated heterocycles. The number of morpholine rings is 1. The standard InChI is InChI=1S/C17H22N2O3/c1-3-14-13(12-6-4-5-7-15(12)22-14)9-19-8-11(2)21-16(10-19)17(18)20/h4-7,11,16H,3,8-10H2,1-2H3,(H2,18,20)/t11-,16-/m1/s1. The highest BCUT2D eigenvalue weighted by atomic mass is 16.5. The molecule has 0 bridgehead atoms. The summed E-state index contributed by atoms with van der Waals surface area (Å²) in [4.78, 5) is 13.7. The highest BCUT2D eigenvalue weighted by Gasteiger charge is 2.29. The van der Waals surface area contributed by atoms with E-state index in [0.717, 1.165) is 36.2 Å². The molecule has 2 aromatic rings. The maximum absolute atomic E-state index is 11.4. The molecule has 1 aliphatic rings. The topological polar surface area (TPSA) is 68.7 Å². The number of aryl methyl sites for hydroxylation is 1. The molecule has 2 N–H and O–H groups in total. The summed E-state index contributed by atoms with van der Waals surface area (Å²) in [6, 6.07) is 8.08. The molecule has 0 saturated carbocycles. The van der Waals surface area contributed by atoms with E-state index in [-0.39, 0.29) is 6.10 Å². The highest BCUT2D eigenvalue weighted by Crippen LogP contribution is 2.28. The minimum atomic E-state index is -0.535. The van der Waals surface area contributed by atoms with Crippen molar-refractivity contribution < 1.29 is 13.9 Å². The van der Waals surface area contributed by atoms with Crippen LogP contribution >= 0.6 is 0 Å². The van der Waals surface area contributed by atoms with Gasteiger partial charge in [0.15, 0.2) is 0 Å². The van der Waals surface area contributed by atoms with Crippen LogP contribution in [-0.2, 0) is 22.5 Å². The van der Waals surface area contributed by atoms with E-state index >= 15 is 0 Å². The quantitative estimate of drug-likeness (QED) is 0.938. The lowest BCUT2D eigenvalue weighted by molar-refractivity contribution is -0.142. The summed E-state index contributed by atoms with van der Waals surface area (Å²) in [5, 5.41) is 1.15. The molecule has 0 spiro atoms. The van der Waals surface area contributed by atoms with Crippen LogP contribution in [0.2, 0.25) is 0 Å². The van der Waals surface area contributed by atoms with Gasteiger partial charge in [-0.2, -0.15) is 0 Å². The highest BCUT2D eigenvalue weighted by molar-refractivity contribution is 5.82. The van der Waals surface area contributed by atoms with Crippen LogP contribution in [0, 0.1) is 0 Å². The van der Waals surface area contributed by atoms with Crippen LogP contribution in [0.4, 0.5) is 0 Å². The van der Waals surface area contributed by atoms with E-state index in [9.17, 15) is 4.79 Å². The van der Waals surface area contributed by atoms with Crippen molar-refractivity contribution in [3.8, 4) is 0 Å². The van der Waals surface area contributed by atoms with Gasteiger partial charge in [-0.3, -0.25) is 9.69 Å². The Morgan fingerprint density at radius 1 is 1.36 bits per heavy atom. The second kappa shape index (κ2) is 6.10. The third kappa shape index (κ3) is 2.87. The van der Waals surface area contributed by atoms with Gasteiger partial charge in [0.05, 0.1) is 6.10 Å². The Kier molecular flexibility index (Phi) is 4.18. The molecular weight excluding hydrogens is 280 g/mol. The lowest BCUT2D eigenvalue weighted by Gasteiger charge is -2.35. The third-order valence-electron chi connectivity index (χ3n) is 4.14. The van der Waals surface area contributed by atoms with Gasteiger partial charge in [-0.1, -0.05) is 25.1 Å². The number of ether oxygens (including phenoxy) is 1. The number of fused-ring (bicyclic) bond motifs is 1. The number of hydrogen-bond donors (Lipinski definition) is 1. The van der Waals surface area contributed by atoms with Gasteiger partial charge in [-0.05, 0) is 13.0 Å². The van der Waals surface area contributed by atoms with Crippen molar-refractivity contribution in [3.05, 3.63) is 35.6 Å². The number of primary amides is 1. The van der Waals surface area contributed by atoms with Gasteiger partial charge >= 0.3 is 0 Å². The molecule has 2 atom stereocenters. The predicted molar refractivity (Wildman–Crippen MR) is 84.4 cm³/mol. The zero-order chi connectivity index (χ0) is 15.7. The second-order valence-electron chi connectivity index (χ2n) is 5.89. The molecule has 1 fully saturated rings. The van der Waals surface area contributed by atoms with Crippen LogP contribution in [0.15, 0.2) is 28.7 Å². The molecule has 5 nitrogen and oxygen atoms in total. The van der Waals surface area contributed by atoms with Crippen LogP contribution in [0.5, 0.6) is 0 Å². The fraction of sp³-hybridized carbons (Fsp3) is 0.471. The summed E-state index contributed by atoms with van der Waals surface area (Å²) in [5.41, 5.74) is 7.53. The molecule has 2 heterocycles. The number of hydrogen-bond acceptors (Lipinski definition) is 4. The number of carbonyl (C=O) groups is 1. The van der Waals surface area contributed by atoms with E-state index in [0.29, 0.717) is 6.54 Å². The van der Waals surface area contributed by atoms with Crippen LogP contribution in [0.1, 0.15) is 25.2 Å². The zero-order valence-corrected chi connectivity index (χ0v) is 13.0. The molecule has 5 heteroatoms. The first kappa shape index (κ1) is 15.1. The Labute approximate surface area is 130 Å². The smallest absolute Gasteiger partial charge is 0.247 e. The van der Waals surface area contributed by atoms with Crippen LogP contribution in [0.3, 0.4) is 0 Å². The number of para-hydroxylation sites is 1. The fourth-order valence-electron chi connectivity index (χ4n) is 3.16. The van der Waals surface area contributed by atoms with Crippen LogP contribution < -0.4 is 5.73 Å². The molecular formula is C17H22N2O3. The first-order valence-electron chi connectivity index (χ1n) is 7.75. The maximum Gasteiger partial charge on any atom is 0.247 e. The molecule has 0 unspecified atom stereocenters. The molecule has 1 aliphatic heterocycles. The van der Waals surface area contributed by atoms with Crippen molar-refractivity contribution in [2.24, 2.45) is 5.73 Å². The summed E-state index contributed by atoms with van der Waals surface area (Å²) in [5.74, 6) is 0.611. The normalized spacial score (nSPS) is 23.0. The summed E-state index contributed by atoms with van der Waals surface area (Å²) < 4.78 is 11.5. The average molecular weight is 302 g/mol. The van der Waals surface area contributed by atoms with Crippen LogP contribution in [0.25, 0.3) is 11.0 Å². The first-order chi connectivity index (χ1) is 10.6. The lowest BCUT2D eigenvalue weighted by atomic mass is 10.1. The maximum atomic E-state index is 11.4. The zero-order valence-electron chi connectivity index (χ0n) is 13.0. The second-order valence-corrected chi connectivity index (χ2v) is 5.89. The summed E-state index contributed by atoms with van der Waals surface area (Å²) in [6.07, 6.45) is 0.310. The molecule has 22 heavy (non-hydrogen) atoms. The van der Waals surface area contributed by atoms with Crippen molar-refractivity contribution in [2.75, 3.05) is 13.1 Å². The summed E-state index contributed by atoms with van der Waals surface area (Å²) >= 11 is 0. The van der Waals surface area contributed by atoms with Crippen molar-refractivity contribution in [1.82, 2.24) is 4.90 Å². The predicted octanol–water partition coefficient (Wildman–Crippen LogP) is 2.07. The average Bonchev–Trinajstić information content (AvgIpc) is 2.85. The number of nitrogens with two attached hydrogens (primary N) is 1. The largest absolute Gasteiger partial charge is 0.461 e. The van der Waals surface area contributed by atoms with Crippen molar-refractivity contribution in [3.63, 3.8) is 0 Å². The van der Waals surface area contributed by atoms with Crippen molar-refractivity contribution >= 4 is 16.9 Å². The van der Waals surface area contributed by atoms with Crippen molar-refractivity contribution in [2.45, 2.75) is 39.0 Å². The van der Waals surface area contributed by atoms with Crippen molar-refractivity contribution in [1.29, 1.82) is 0 Å². The minimum absolute atomic E-state index is 0.00510. The number of amides is 1. The number of nitrogens with zero attached hydrogens (tertiary/aromatic N) is 1. The van der Waals surface area contributed by atoms with E-state index in [1.807, 2.05) is 25.1 Å². The molecule has 3 rings (SSSR count). The van der Waals surface area contributed by atoms with E-state index in [4.69, 9.17) is 14.9 Å². The van der Waals surface area contributed by atoms with Gasteiger partial charge in [-0.25, -0.2) is 0 Å². The Morgan fingerprint density at radius 2 is 2.14 bits per heavy atom. The Balaban J connectivity index is 1.87. The van der Waals surface area contributed by atoms with Crippen LogP contribution in [-0.4, -0.2) is 36.1 Å². The molecule has 0 radical (unpaired) electrons. The van der Waals surface area contributed by atoms with E-state index in [2.05, 4.69) is 17.9 Å². The first-order valence-corrected chi connectivity index (χ1v) is 7.75. The molecule has 1 aromatic heterocycles. The lowest BCUT2D eigenvalue weighted by Crippen LogP contribution is -2.51. The molecule has 118 valence electrons. The molecule has 0 aliphatic carbocycles. The number of carbonyl (C=O) groups excluding carboxylic acids is 1. The third-order valence-corrected chi connectivity index (χ3v) is 4.14. The van der Waals surface area contributed by atoms with Gasteiger partial charge < -0.3 is 14.9 Å². The Morgan fingerprint density at radius 3 is 2.86 bits per heavy atom. The number of benzene rings is 1. The summed E-state index contributed by atoms with van der Waals surface area (Å²) in [6.45, 7) is 6.12. The Bertz CT molecular complexity index is 680. The van der Waals surface area contributed by atoms with Gasteiger partial charge in [0.25, 0.3) is 0 Å². The number of furan rings is 1. The van der Waals surface area contributed by atoms with Gasteiger partial charge in [0, 0.05) is 37.0 Å². The van der Waals surface area contributed by atoms with Gasteiger partial charge in [0.1, 0.15) is 17.4 Å². The molecule has 1 aromatic carbocycles. The minimum Gasteiger partial charge on any atom is -0.461 e. The summed E-state index contributed by atoms with van der Waals surface area (Å²) in [7, 11) is 0. The number of rotatable bonds is 4. The SMILES string of the molecule is CCc1oc2ccccc2c1CN1C[C@@H](C)O[C@@H](C(N)=O)C1. The Hall–Kier alpha value is -1.85. The van der Waals surface area contributed by atoms with Gasteiger partial charge in [-0.15, -0.1) is 0 Å².